The van der Waals surface area contributed by atoms with Crippen LogP contribution in [0.15, 0.2) is 23.8 Å². The Bertz CT molecular complexity index is 319. The predicted octanol–water partition coefficient (Wildman–Crippen LogP) is 2.38. The highest BCUT2D eigenvalue weighted by Crippen LogP contribution is 2.32. The van der Waals surface area contributed by atoms with Crippen LogP contribution >= 0.6 is 34.8 Å². The second kappa shape index (κ2) is 3.82. The molecule has 0 aliphatic heterocycles. The summed E-state index contributed by atoms with van der Waals surface area (Å²) < 4.78 is 0. The van der Waals surface area contributed by atoms with E-state index in [0.717, 1.165) is 0 Å². The van der Waals surface area contributed by atoms with Gasteiger partial charge in [-0.1, -0.05) is 18.2 Å². The Balaban J connectivity index is 2.92. The maximum Gasteiger partial charge on any atom is 0.248 e. The Labute approximate surface area is 90.1 Å². The molecule has 0 fully saturated rings. The third-order valence-electron chi connectivity index (χ3n) is 1.68. The summed E-state index contributed by atoms with van der Waals surface area (Å²) in [5.41, 5.74) is 0.285. The van der Waals surface area contributed by atoms with Crippen molar-refractivity contribution in [2.75, 3.05) is 0 Å². The lowest BCUT2D eigenvalue weighted by Gasteiger charge is -2.21. The number of carbonyl (C=O) groups excluding carboxylic acids is 2. The molecule has 0 bridgehead atoms. The fourth-order valence-corrected chi connectivity index (χ4v) is 1.46. The largest absolute Gasteiger partial charge is 0.279 e. The lowest BCUT2D eigenvalue weighted by atomic mass is 9.95. The molecule has 0 saturated heterocycles. The standard InChI is InChI=1S/C8H5Cl3O2/c9-6(12)5-2-1-3-8(11,4-5)7(10)13/h1-3H,4H2. The van der Waals surface area contributed by atoms with Crippen molar-refractivity contribution in [1.82, 2.24) is 0 Å². The molecule has 0 aromatic carbocycles. The molecule has 2 nitrogen and oxygen atoms in total. The summed E-state index contributed by atoms with van der Waals surface area (Å²) in [6.07, 6.45) is 4.48. The number of halogens is 3. The fourth-order valence-electron chi connectivity index (χ4n) is 0.982. The molecule has 0 amide bonds. The van der Waals surface area contributed by atoms with Gasteiger partial charge in [0.25, 0.3) is 0 Å². The highest BCUT2D eigenvalue weighted by molar-refractivity contribution is 6.72. The Morgan fingerprint density at radius 1 is 1.38 bits per heavy atom. The van der Waals surface area contributed by atoms with Gasteiger partial charge in [-0.3, -0.25) is 9.59 Å². The first-order valence-corrected chi connectivity index (χ1v) is 4.56. The van der Waals surface area contributed by atoms with E-state index < -0.39 is 15.4 Å². The number of rotatable bonds is 2. The van der Waals surface area contributed by atoms with Crippen LogP contribution in [0.4, 0.5) is 0 Å². The van der Waals surface area contributed by atoms with Gasteiger partial charge in [-0.15, -0.1) is 11.6 Å². The Morgan fingerprint density at radius 3 is 2.46 bits per heavy atom. The van der Waals surface area contributed by atoms with Gasteiger partial charge in [-0.05, 0) is 23.2 Å². The maximum atomic E-state index is 10.9. The molecule has 13 heavy (non-hydrogen) atoms. The van der Waals surface area contributed by atoms with Crippen LogP contribution in [0.25, 0.3) is 0 Å². The van der Waals surface area contributed by atoms with Crippen molar-refractivity contribution in [1.29, 1.82) is 0 Å². The molecule has 0 N–H and O–H groups in total. The molecule has 1 rings (SSSR count). The molecule has 0 aromatic rings. The van der Waals surface area contributed by atoms with Crippen LogP contribution in [0.3, 0.4) is 0 Å². The van der Waals surface area contributed by atoms with Crippen LogP contribution in [-0.2, 0) is 9.59 Å². The van der Waals surface area contributed by atoms with E-state index in [2.05, 4.69) is 0 Å². The van der Waals surface area contributed by atoms with E-state index in [1.165, 1.54) is 18.2 Å². The summed E-state index contributed by atoms with van der Waals surface area (Å²) in [5.74, 6) is 0. The summed E-state index contributed by atoms with van der Waals surface area (Å²) in [5, 5.41) is -1.33. The van der Waals surface area contributed by atoms with Crippen molar-refractivity contribution in [3.05, 3.63) is 23.8 Å². The van der Waals surface area contributed by atoms with E-state index in [0.29, 0.717) is 0 Å². The monoisotopic (exact) mass is 238 g/mol. The van der Waals surface area contributed by atoms with E-state index >= 15 is 0 Å². The average Bonchev–Trinajstić information content (AvgIpc) is 2.04. The molecule has 0 heterocycles. The van der Waals surface area contributed by atoms with Crippen LogP contribution in [0.1, 0.15) is 6.42 Å². The van der Waals surface area contributed by atoms with Gasteiger partial charge in [-0.25, -0.2) is 0 Å². The molecule has 1 aliphatic carbocycles. The molecule has 0 saturated carbocycles. The Kier molecular flexibility index (Phi) is 3.17. The first-order chi connectivity index (χ1) is 5.96. The van der Waals surface area contributed by atoms with Gasteiger partial charge < -0.3 is 0 Å². The molecule has 0 aromatic heterocycles. The van der Waals surface area contributed by atoms with Gasteiger partial charge in [0.2, 0.25) is 10.5 Å². The third kappa shape index (κ3) is 2.33. The third-order valence-corrected chi connectivity index (χ3v) is 2.79. The van der Waals surface area contributed by atoms with Gasteiger partial charge in [0.15, 0.2) is 0 Å². The molecule has 1 atom stereocenters. The van der Waals surface area contributed by atoms with E-state index in [1.807, 2.05) is 0 Å². The van der Waals surface area contributed by atoms with Crippen LogP contribution in [0, 0.1) is 0 Å². The Hall–Kier alpha value is -0.310. The van der Waals surface area contributed by atoms with Gasteiger partial charge in [-0.2, -0.15) is 0 Å². The lowest BCUT2D eigenvalue weighted by molar-refractivity contribution is -0.113. The van der Waals surface area contributed by atoms with E-state index in [-0.39, 0.29) is 12.0 Å². The molecule has 0 radical (unpaired) electrons. The minimum absolute atomic E-state index is 0.0374. The molecule has 1 unspecified atom stereocenters. The minimum atomic E-state index is -1.32. The van der Waals surface area contributed by atoms with Gasteiger partial charge in [0.1, 0.15) is 4.87 Å². The van der Waals surface area contributed by atoms with Crippen LogP contribution in [0.5, 0.6) is 0 Å². The summed E-state index contributed by atoms with van der Waals surface area (Å²) in [6, 6.07) is 0. The van der Waals surface area contributed by atoms with Crippen molar-refractivity contribution in [3.63, 3.8) is 0 Å². The number of allylic oxidation sites excluding steroid dienone is 4. The van der Waals surface area contributed by atoms with E-state index in [9.17, 15) is 9.59 Å². The number of carbonyl (C=O) groups is 2. The minimum Gasteiger partial charge on any atom is -0.279 e. The topological polar surface area (TPSA) is 34.1 Å². The SMILES string of the molecule is O=C(Cl)C1=CC=CC(Cl)(C(=O)Cl)C1. The summed E-state index contributed by atoms with van der Waals surface area (Å²) in [4.78, 5) is 20.3. The summed E-state index contributed by atoms with van der Waals surface area (Å²) in [6.45, 7) is 0. The van der Waals surface area contributed by atoms with Crippen LogP contribution in [-0.4, -0.2) is 15.4 Å². The van der Waals surface area contributed by atoms with E-state index in [1.54, 1.807) is 0 Å². The summed E-state index contributed by atoms with van der Waals surface area (Å²) in [7, 11) is 0. The zero-order chi connectivity index (χ0) is 10.1. The maximum absolute atomic E-state index is 10.9. The molecule has 5 heteroatoms. The number of hydrogen-bond donors (Lipinski definition) is 0. The molecule has 70 valence electrons. The number of alkyl halides is 1. The number of hydrogen-bond acceptors (Lipinski definition) is 2. The first kappa shape index (κ1) is 10.8. The smallest absolute Gasteiger partial charge is 0.248 e. The second-order valence-electron chi connectivity index (χ2n) is 2.64. The lowest BCUT2D eigenvalue weighted by Crippen LogP contribution is -2.29. The average molecular weight is 239 g/mol. The molecule has 1 aliphatic rings. The highest BCUT2D eigenvalue weighted by atomic mass is 35.5. The van der Waals surface area contributed by atoms with Gasteiger partial charge >= 0.3 is 0 Å². The zero-order valence-electron chi connectivity index (χ0n) is 6.39. The first-order valence-electron chi connectivity index (χ1n) is 3.43. The van der Waals surface area contributed by atoms with Crippen molar-refractivity contribution < 1.29 is 9.59 Å². The normalized spacial score (nSPS) is 26.8. The summed E-state index contributed by atoms with van der Waals surface area (Å²) >= 11 is 16.3. The highest BCUT2D eigenvalue weighted by Gasteiger charge is 2.35. The zero-order valence-corrected chi connectivity index (χ0v) is 8.66. The van der Waals surface area contributed by atoms with Gasteiger partial charge in [0.05, 0.1) is 0 Å². The van der Waals surface area contributed by atoms with Crippen LogP contribution in [0.2, 0.25) is 0 Å². The second-order valence-corrected chi connectivity index (χ2v) is 4.00. The Morgan fingerprint density at radius 2 is 2.00 bits per heavy atom. The van der Waals surface area contributed by atoms with Crippen LogP contribution < -0.4 is 0 Å². The fraction of sp³-hybridized carbons (Fsp3) is 0.250. The van der Waals surface area contributed by atoms with Crippen molar-refractivity contribution in [3.8, 4) is 0 Å². The van der Waals surface area contributed by atoms with Gasteiger partial charge in [0, 0.05) is 12.0 Å². The van der Waals surface area contributed by atoms with Crippen molar-refractivity contribution in [2.24, 2.45) is 0 Å². The van der Waals surface area contributed by atoms with Crippen molar-refractivity contribution in [2.45, 2.75) is 11.3 Å². The molecular formula is C8H5Cl3O2. The molecule has 0 spiro atoms. The van der Waals surface area contributed by atoms with Crippen molar-refractivity contribution >= 4 is 45.3 Å². The van der Waals surface area contributed by atoms with E-state index in [4.69, 9.17) is 34.8 Å². The molecular weight excluding hydrogens is 234 g/mol. The quantitative estimate of drug-likeness (QED) is 0.548. The predicted molar refractivity (Wildman–Crippen MR) is 52.1 cm³/mol.